The first-order valence-corrected chi connectivity index (χ1v) is 7.30. The number of halogens is 1. The Hall–Kier alpha value is -1.26. The van der Waals surface area contributed by atoms with Gasteiger partial charge in [0, 0.05) is 40.7 Å². The van der Waals surface area contributed by atoms with Crippen LogP contribution in [0.3, 0.4) is 0 Å². The van der Waals surface area contributed by atoms with Crippen molar-refractivity contribution in [2.75, 3.05) is 7.05 Å². The third-order valence-corrected chi connectivity index (χ3v) is 4.23. The molecule has 0 amide bonds. The van der Waals surface area contributed by atoms with E-state index in [9.17, 15) is 0 Å². The first-order valence-electron chi connectivity index (χ1n) is 6.51. The van der Waals surface area contributed by atoms with Crippen molar-refractivity contribution in [3.8, 4) is 0 Å². The van der Waals surface area contributed by atoms with Crippen LogP contribution in [0.25, 0.3) is 0 Å². The van der Waals surface area contributed by atoms with Crippen LogP contribution in [0, 0.1) is 0 Å². The quantitative estimate of drug-likeness (QED) is 0.944. The summed E-state index contributed by atoms with van der Waals surface area (Å²) in [6.45, 7) is 0. The van der Waals surface area contributed by atoms with Gasteiger partial charge in [-0.1, -0.05) is 6.07 Å². The van der Waals surface area contributed by atoms with Crippen LogP contribution in [-0.4, -0.2) is 17.0 Å². The van der Waals surface area contributed by atoms with Crippen LogP contribution >= 0.6 is 15.9 Å². The van der Waals surface area contributed by atoms with Gasteiger partial charge in [-0.3, -0.25) is 9.97 Å². The van der Waals surface area contributed by atoms with E-state index in [1.165, 1.54) is 16.8 Å². The van der Waals surface area contributed by atoms with Crippen molar-refractivity contribution < 1.29 is 0 Å². The zero-order chi connectivity index (χ0) is 13.2. The summed E-state index contributed by atoms with van der Waals surface area (Å²) in [6.07, 6.45) is 7.91. The van der Waals surface area contributed by atoms with Gasteiger partial charge in [-0.15, -0.1) is 0 Å². The molecule has 0 spiro atoms. The molecular weight excluding hydrogens is 302 g/mol. The SMILES string of the molecule is CNC(c1cncc(Br)c1)C1CCc2cccnc21. The number of fused-ring (bicyclic) bond motifs is 1. The van der Waals surface area contributed by atoms with Gasteiger partial charge >= 0.3 is 0 Å². The summed E-state index contributed by atoms with van der Waals surface area (Å²) in [4.78, 5) is 8.86. The third kappa shape index (κ3) is 2.42. The Labute approximate surface area is 121 Å². The summed E-state index contributed by atoms with van der Waals surface area (Å²) in [5, 5.41) is 3.43. The van der Waals surface area contributed by atoms with E-state index >= 15 is 0 Å². The van der Waals surface area contributed by atoms with E-state index in [1.807, 2.05) is 31.7 Å². The molecule has 0 aliphatic heterocycles. The number of aromatic nitrogens is 2. The van der Waals surface area contributed by atoms with Crippen LogP contribution in [-0.2, 0) is 6.42 Å². The van der Waals surface area contributed by atoms with E-state index in [0.717, 1.165) is 17.3 Å². The Morgan fingerprint density at radius 3 is 3.11 bits per heavy atom. The minimum Gasteiger partial charge on any atom is -0.312 e. The van der Waals surface area contributed by atoms with E-state index in [1.54, 1.807) is 0 Å². The largest absolute Gasteiger partial charge is 0.312 e. The molecule has 2 heterocycles. The molecule has 4 heteroatoms. The lowest BCUT2D eigenvalue weighted by molar-refractivity contribution is 0.469. The molecule has 1 aliphatic carbocycles. The zero-order valence-electron chi connectivity index (χ0n) is 10.8. The number of hydrogen-bond acceptors (Lipinski definition) is 3. The summed E-state index contributed by atoms with van der Waals surface area (Å²) in [6, 6.07) is 6.61. The highest BCUT2D eigenvalue weighted by molar-refractivity contribution is 9.10. The molecule has 0 saturated carbocycles. The number of likely N-dealkylation sites (N-methyl/N-ethyl adjacent to an activating group) is 1. The van der Waals surface area contributed by atoms with Gasteiger partial charge in [-0.05, 0) is 59.1 Å². The first kappa shape index (κ1) is 12.8. The fraction of sp³-hybridized carbons (Fsp3) is 0.333. The molecule has 0 aromatic carbocycles. The topological polar surface area (TPSA) is 37.8 Å². The summed E-state index contributed by atoms with van der Waals surface area (Å²) in [7, 11) is 2.01. The average Bonchev–Trinajstić information content (AvgIpc) is 2.84. The molecule has 0 radical (unpaired) electrons. The maximum Gasteiger partial charge on any atom is 0.0485 e. The lowest BCUT2D eigenvalue weighted by atomic mass is 9.92. The van der Waals surface area contributed by atoms with Crippen LogP contribution in [0.4, 0.5) is 0 Å². The van der Waals surface area contributed by atoms with Gasteiger partial charge < -0.3 is 5.32 Å². The molecule has 19 heavy (non-hydrogen) atoms. The lowest BCUT2D eigenvalue weighted by Crippen LogP contribution is -2.23. The third-order valence-electron chi connectivity index (χ3n) is 3.80. The second kappa shape index (κ2) is 5.39. The van der Waals surface area contributed by atoms with Gasteiger partial charge in [-0.25, -0.2) is 0 Å². The molecular formula is C15H16BrN3. The zero-order valence-corrected chi connectivity index (χ0v) is 12.4. The van der Waals surface area contributed by atoms with Crippen molar-refractivity contribution in [3.05, 3.63) is 58.1 Å². The molecule has 1 aliphatic rings. The van der Waals surface area contributed by atoms with Gasteiger partial charge in [0.25, 0.3) is 0 Å². The fourth-order valence-corrected chi connectivity index (χ4v) is 3.35. The van der Waals surface area contributed by atoms with Crippen molar-refractivity contribution >= 4 is 15.9 Å². The molecule has 2 unspecified atom stereocenters. The molecule has 2 aromatic heterocycles. The second-order valence-corrected chi connectivity index (χ2v) is 5.81. The van der Waals surface area contributed by atoms with Crippen molar-refractivity contribution in [1.29, 1.82) is 0 Å². The molecule has 3 nitrogen and oxygen atoms in total. The van der Waals surface area contributed by atoms with Gasteiger partial charge in [0.05, 0.1) is 0 Å². The van der Waals surface area contributed by atoms with Crippen LogP contribution in [0.2, 0.25) is 0 Å². The minimum atomic E-state index is 0.265. The highest BCUT2D eigenvalue weighted by Gasteiger charge is 2.31. The predicted octanol–water partition coefficient (Wildman–Crippen LogP) is 3.23. The van der Waals surface area contributed by atoms with E-state index in [0.29, 0.717) is 5.92 Å². The van der Waals surface area contributed by atoms with Gasteiger partial charge in [0.2, 0.25) is 0 Å². The van der Waals surface area contributed by atoms with Crippen molar-refractivity contribution in [3.63, 3.8) is 0 Å². The molecule has 0 saturated heterocycles. The van der Waals surface area contributed by atoms with Crippen molar-refractivity contribution in [1.82, 2.24) is 15.3 Å². The van der Waals surface area contributed by atoms with E-state index in [4.69, 9.17) is 0 Å². The summed E-state index contributed by atoms with van der Waals surface area (Å²) in [5.74, 6) is 0.428. The summed E-state index contributed by atoms with van der Waals surface area (Å²) in [5.41, 5.74) is 3.83. The number of nitrogens with one attached hydrogen (secondary N) is 1. The lowest BCUT2D eigenvalue weighted by Gasteiger charge is -2.23. The van der Waals surface area contributed by atoms with E-state index < -0.39 is 0 Å². The molecule has 3 rings (SSSR count). The Morgan fingerprint density at radius 1 is 1.42 bits per heavy atom. The maximum absolute atomic E-state index is 4.59. The molecule has 2 aromatic rings. The monoisotopic (exact) mass is 317 g/mol. The van der Waals surface area contributed by atoms with Gasteiger partial charge in [0.1, 0.15) is 0 Å². The standard InChI is InChI=1S/C15H16BrN3/c1-17-14(11-7-12(16)9-18-8-11)13-5-4-10-3-2-6-19-15(10)13/h2-3,6-9,13-14,17H,4-5H2,1H3. The minimum absolute atomic E-state index is 0.265. The first-order chi connectivity index (χ1) is 9.29. The van der Waals surface area contributed by atoms with Crippen molar-refractivity contribution in [2.24, 2.45) is 0 Å². The van der Waals surface area contributed by atoms with Crippen LogP contribution in [0.1, 0.15) is 35.2 Å². The predicted molar refractivity (Wildman–Crippen MR) is 79.0 cm³/mol. The van der Waals surface area contributed by atoms with E-state index in [2.05, 4.69) is 43.3 Å². The smallest absolute Gasteiger partial charge is 0.0485 e. The van der Waals surface area contributed by atoms with Gasteiger partial charge in [-0.2, -0.15) is 0 Å². The van der Waals surface area contributed by atoms with Crippen LogP contribution in [0.15, 0.2) is 41.3 Å². The summed E-state index contributed by atoms with van der Waals surface area (Å²) < 4.78 is 1.02. The number of pyridine rings is 2. The second-order valence-electron chi connectivity index (χ2n) is 4.90. The van der Waals surface area contributed by atoms with Crippen LogP contribution < -0.4 is 5.32 Å². The molecule has 1 N–H and O–H groups in total. The van der Waals surface area contributed by atoms with Crippen molar-refractivity contribution in [2.45, 2.75) is 24.8 Å². The number of nitrogens with zero attached hydrogens (tertiary/aromatic N) is 2. The highest BCUT2D eigenvalue weighted by Crippen LogP contribution is 2.40. The highest BCUT2D eigenvalue weighted by atomic mass is 79.9. The average molecular weight is 318 g/mol. The van der Waals surface area contributed by atoms with E-state index in [-0.39, 0.29) is 6.04 Å². The fourth-order valence-electron chi connectivity index (χ4n) is 2.97. The molecule has 0 bridgehead atoms. The Balaban J connectivity index is 1.96. The number of aryl methyl sites for hydroxylation is 1. The Bertz CT molecular complexity index is 585. The van der Waals surface area contributed by atoms with Crippen LogP contribution in [0.5, 0.6) is 0 Å². The number of rotatable bonds is 3. The Kier molecular flexibility index (Phi) is 3.62. The Morgan fingerprint density at radius 2 is 2.32 bits per heavy atom. The molecule has 98 valence electrons. The van der Waals surface area contributed by atoms with Gasteiger partial charge in [0.15, 0.2) is 0 Å². The summed E-state index contributed by atoms with van der Waals surface area (Å²) >= 11 is 3.49. The number of hydrogen-bond donors (Lipinski definition) is 1. The maximum atomic E-state index is 4.59. The molecule has 0 fully saturated rings. The molecule has 2 atom stereocenters. The normalized spacial score (nSPS) is 19.2.